The molecule has 3 aliphatic heterocycles. The third-order valence-corrected chi connectivity index (χ3v) is 6.52. The Bertz CT molecular complexity index is 813. The van der Waals surface area contributed by atoms with Crippen molar-refractivity contribution in [1.82, 2.24) is 15.2 Å². The Hall–Kier alpha value is -2.23. The molecule has 0 radical (unpaired) electrons. The number of rotatable bonds is 3. The second-order valence-electron chi connectivity index (χ2n) is 6.83. The summed E-state index contributed by atoms with van der Waals surface area (Å²) in [7, 11) is 0. The zero-order chi connectivity index (χ0) is 17.4. The van der Waals surface area contributed by atoms with E-state index in [-0.39, 0.29) is 11.9 Å². The van der Waals surface area contributed by atoms with Crippen molar-refractivity contribution >= 4 is 17.2 Å². The van der Waals surface area contributed by atoms with Crippen LogP contribution in [0, 0.1) is 17.2 Å². The van der Waals surface area contributed by atoms with Crippen LogP contribution in [0.2, 0.25) is 0 Å². The third kappa shape index (κ3) is 3.06. The summed E-state index contributed by atoms with van der Waals surface area (Å²) < 4.78 is 0. The molecule has 3 aliphatic rings. The molecule has 25 heavy (non-hydrogen) atoms. The van der Waals surface area contributed by atoms with Crippen molar-refractivity contribution in [2.75, 3.05) is 13.1 Å². The zero-order valence-corrected chi connectivity index (χ0v) is 14.9. The zero-order valence-electron chi connectivity index (χ0n) is 14.1. The molecular formula is C19H20N4OS. The van der Waals surface area contributed by atoms with E-state index in [4.69, 9.17) is 5.26 Å². The first kappa shape index (κ1) is 16.2. The van der Waals surface area contributed by atoms with Gasteiger partial charge in [-0.15, -0.1) is 11.3 Å². The van der Waals surface area contributed by atoms with E-state index >= 15 is 0 Å². The number of nitrogens with one attached hydrogen (secondary N) is 1. The average Bonchev–Trinajstić information content (AvgIpc) is 3.15. The Morgan fingerprint density at radius 3 is 2.68 bits per heavy atom. The van der Waals surface area contributed by atoms with Crippen molar-refractivity contribution in [3.63, 3.8) is 0 Å². The first-order valence-electron chi connectivity index (χ1n) is 8.67. The van der Waals surface area contributed by atoms with Crippen LogP contribution in [-0.2, 0) is 0 Å². The quantitative estimate of drug-likeness (QED) is 0.922. The van der Waals surface area contributed by atoms with Gasteiger partial charge in [-0.25, -0.2) is 4.98 Å². The first-order chi connectivity index (χ1) is 12.2. The maximum atomic E-state index is 12.7. The number of hydrogen-bond donors (Lipinski definition) is 1. The number of amides is 1. The van der Waals surface area contributed by atoms with Crippen LogP contribution in [0.5, 0.6) is 0 Å². The van der Waals surface area contributed by atoms with Gasteiger partial charge in [0.2, 0.25) is 0 Å². The van der Waals surface area contributed by atoms with E-state index in [0.29, 0.717) is 22.5 Å². The molecule has 0 spiro atoms. The van der Waals surface area contributed by atoms with Gasteiger partial charge in [0.05, 0.1) is 16.5 Å². The van der Waals surface area contributed by atoms with Gasteiger partial charge < -0.3 is 5.32 Å². The summed E-state index contributed by atoms with van der Waals surface area (Å²) in [6, 6.07) is 10.1. The van der Waals surface area contributed by atoms with Crippen molar-refractivity contribution in [3.8, 4) is 16.5 Å². The van der Waals surface area contributed by atoms with E-state index in [0.717, 1.165) is 23.5 Å². The van der Waals surface area contributed by atoms with E-state index in [1.54, 1.807) is 18.3 Å². The van der Waals surface area contributed by atoms with Crippen molar-refractivity contribution < 1.29 is 4.79 Å². The number of thiazole rings is 1. The molecule has 2 atom stereocenters. The maximum absolute atomic E-state index is 12.7. The number of benzene rings is 1. The van der Waals surface area contributed by atoms with Gasteiger partial charge in [0.15, 0.2) is 5.01 Å². The summed E-state index contributed by atoms with van der Waals surface area (Å²) in [6.07, 6.45) is 4.08. The topological polar surface area (TPSA) is 69.0 Å². The average molecular weight is 352 g/mol. The number of nitriles is 1. The Morgan fingerprint density at radius 2 is 2.04 bits per heavy atom. The van der Waals surface area contributed by atoms with Crippen LogP contribution < -0.4 is 5.32 Å². The minimum atomic E-state index is -0.0736. The second-order valence-corrected chi connectivity index (χ2v) is 7.86. The summed E-state index contributed by atoms with van der Waals surface area (Å²) in [6.45, 7) is 4.51. The molecule has 5 nitrogen and oxygen atoms in total. The summed E-state index contributed by atoms with van der Waals surface area (Å²) in [5.41, 5.74) is 1.61. The van der Waals surface area contributed by atoms with Gasteiger partial charge in [0.25, 0.3) is 5.91 Å². The van der Waals surface area contributed by atoms with E-state index in [2.05, 4.69) is 28.2 Å². The lowest BCUT2D eigenvalue weighted by Gasteiger charge is -2.49. The van der Waals surface area contributed by atoms with Gasteiger partial charge >= 0.3 is 0 Å². The maximum Gasteiger partial charge on any atom is 0.280 e. The molecule has 5 rings (SSSR count). The number of piperidine rings is 3. The fraction of sp³-hybridized carbons (Fsp3) is 0.421. The van der Waals surface area contributed by atoms with Gasteiger partial charge in [0, 0.05) is 18.3 Å². The molecule has 128 valence electrons. The van der Waals surface area contributed by atoms with E-state index < -0.39 is 0 Å². The molecule has 1 N–H and O–H groups in total. The second kappa shape index (κ2) is 6.58. The Kier molecular flexibility index (Phi) is 4.28. The van der Waals surface area contributed by atoms with Crippen LogP contribution in [0.4, 0.5) is 0 Å². The standard InChI is InChI=1S/C19H20N4OS/c1-12-17(15-6-8-23(12)9-7-15)22-18(24)19-21-11-16(25-19)14-4-2-13(10-20)3-5-14/h2-5,11-12,15,17H,6-9H2,1H3,(H,22,24)/t12-,17-/m0/s1. The highest BCUT2D eigenvalue weighted by molar-refractivity contribution is 7.16. The Labute approximate surface area is 151 Å². The van der Waals surface area contributed by atoms with Gasteiger partial charge in [-0.2, -0.15) is 5.26 Å². The number of carbonyl (C=O) groups excluding carboxylic acids is 1. The number of aromatic nitrogens is 1. The van der Waals surface area contributed by atoms with Gasteiger partial charge in [0.1, 0.15) is 0 Å². The summed E-state index contributed by atoms with van der Waals surface area (Å²) >= 11 is 1.40. The molecule has 6 heteroatoms. The lowest BCUT2D eigenvalue weighted by Crippen LogP contribution is -2.62. The highest BCUT2D eigenvalue weighted by Gasteiger charge is 2.40. The lowest BCUT2D eigenvalue weighted by atomic mass is 9.79. The lowest BCUT2D eigenvalue weighted by molar-refractivity contribution is 0.0217. The van der Waals surface area contributed by atoms with E-state index in [1.807, 2.05) is 12.1 Å². The van der Waals surface area contributed by atoms with Gasteiger partial charge in [-0.3, -0.25) is 9.69 Å². The molecule has 1 aromatic heterocycles. The minimum absolute atomic E-state index is 0.0736. The predicted molar refractivity (Wildman–Crippen MR) is 97.3 cm³/mol. The Balaban J connectivity index is 1.48. The third-order valence-electron chi connectivity index (χ3n) is 5.47. The summed E-state index contributed by atoms with van der Waals surface area (Å²) in [5, 5.41) is 12.6. The molecular weight excluding hydrogens is 332 g/mol. The van der Waals surface area contributed by atoms with E-state index in [9.17, 15) is 4.79 Å². The number of hydrogen-bond acceptors (Lipinski definition) is 5. The molecule has 3 saturated heterocycles. The first-order valence-corrected chi connectivity index (χ1v) is 9.48. The highest BCUT2D eigenvalue weighted by atomic mass is 32.1. The number of carbonyl (C=O) groups is 1. The van der Waals surface area contributed by atoms with Crippen molar-refractivity contribution in [3.05, 3.63) is 41.0 Å². The molecule has 1 amide bonds. The fourth-order valence-corrected chi connectivity index (χ4v) is 4.80. The molecule has 0 aliphatic carbocycles. The van der Waals surface area contributed by atoms with Crippen molar-refractivity contribution in [1.29, 1.82) is 5.26 Å². The highest BCUT2D eigenvalue weighted by Crippen LogP contribution is 2.33. The van der Waals surface area contributed by atoms with Crippen LogP contribution >= 0.6 is 11.3 Å². The Morgan fingerprint density at radius 1 is 1.32 bits per heavy atom. The monoisotopic (exact) mass is 352 g/mol. The normalized spacial score (nSPS) is 27.7. The molecule has 3 fully saturated rings. The molecule has 1 aromatic carbocycles. The van der Waals surface area contributed by atoms with Crippen LogP contribution in [0.15, 0.2) is 30.5 Å². The molecule has 4 heterocycles. The van der Waals surface area contributed by atoms with E-state index in [1.165, 1.54) is 24.2 Å². The van der Waals surface area contributed by atoms with Crippen LogP contribution in [0.1, 0.15) is 35.1 Å². The molecule has 0 unspecified atom stereocenters. The SMILES string of the molecule is C[C@H]1[C@H](NC(=O)c2ncc(-c3ccc(C#N)cc3)s2)C2CCN1CC2. The molecule has 0 saturated carbocycles. The van der Waals surface area contributed by atoms with Crippen molar-refractivity contribution in [2.45, 2.75) is 31.8 Å². The van der Waals surface area contributed by atoms with Gasteiger partial charge in [-0.05, 0) is 56.5 Å². The van der Waals surface area contributed by atoms with Crippen LogP contribution in [0.25, 0.3) is 10.4 Å². The predicted octanol–water partition coefficient (Wildman–Crippen LogP) is 2.89. The molecule has 2 bridgehead atoms. The largest absolute Gasteiger partial charge is 0.345 e. The number of fused-ring (bicyclic) bond motifs is 3. The number of nitrogens with zero attached hydrogens (tertiary/aromatic N) is 3. The summed E-state index contributed by atoms with van der Waals surface area (Å²) in [4.78, 5) is 20.4. The molecule has 2 aromatic rings. The van der Waals surface area contributed by atoms with Gasteiger partial charge in [-0.1, -0.05) is 12.1 Å². The smallest absolute Gasteiger partial charge is 0.280 e. The summed E-state index contributed by atoms with van der Waals surface area (Å²) in [5.74, 6) is 0.511. The van der Waals surface area contributed by atoms with Crippen LogP contribution in [0.3, 0.4) is 0 Å². The van der Waals surface area contributed by atoms with Crippen LogP contribution in [-0.4, -0.2) is 41.0 Å². The van der Waals surface area contributed by atoms with Crippen molar-refractivity contribution in [2.24, 2.45) is 5.92 Å². The fourth-order valence-electron chi connectivity index (χ4n) is 3.98. The minimum Gasteiger partial charge on any atom is -0.345 e.